The Morgan fingerprint density at radius 3 is 1.19 bits per heavy atom. The Morgan fingerprint density at radius 1 is 0.458 bits per heavy atom. The molecule has 6 N–H and O–H groups in total. The highest BCUT2D eigenvalue weighted by Crippen LogP contribution is 2.42. The SMILES string of the molecule is CCOCCOCCOCCNCCNc1ccc(NCCNCCOCCOCCOCC)c2c1C(=O)c1c(O)ccc(O)c1C2=O. The summed E-state index contributed by atoms with van der Waals surface area (Å²) in [6, 6.07) is 5.90. The zero-order valence-corrected chi connectivity index (χ0v) is 28.2. The van der Waals surface area contributed by atoms with E-state index in [4.69, 9.17) is 28.4 Å². The second kappa shape index (κ2) is 23.1. The predicted molar refractivity (Wildman–Crippen MR) is 182 cm³/mol. The third-order valence-corrected chi connectivity index (χ3v) is 7.25. The minimum atomic E-state index is -0.541. The zero-order valence-electron chi connectivity index (χ0n) is 28.2. The average molecular weight is 677 g/mol. The van der Waals surface area contributed by atoms with Crippen LogP contribution in [0.1, 0.15) is 45.7 Å². The molecule has 0 radical (unpaired) electrons. The van der Waals surface area contributed by atoms with Gasteiger partial charge in [0.15, 0.2) is 0 Å². The highest BCUT2D eigenvalue weighted by atomic mass is 16.5. The van der Waals surface area contributed by atoms with Crippen molar-refractivity contribution in [3.63, 3.8) is 0 Å². The van der Waals surface area contributed by atoms with Crippen LogP contribution in [0.4, 0.5) is 11.4 Å². The molecule has 0 unspecified atom stereocenters. The van der Waals surface area contributed by atoms with Crippen molar-refractivity contribution in [3.8, 4) is 11.5 Å². The van der Waals surface area contributed by atoms with E-state index in [9.17, 15) is 19.8 Å². The molecule has 0 bridgehead atoms. The van der Waals surface area contributed by atoms with Gasteiger partial charge in [0.05, 0.1) is 88.3 Å². The van der Waals surface area contributed by atoms with E-state index in [1.807, 2.05) is 13.8 Å². The lowest BCUT2D eigenvalue weighted by molar-refractivity contribution is 0.0176. The van der Waals surface area contributed by atoms with E-state index in [1.165, 1.54) is 12.1 Å². The van der Waals surface area contributed by atoms with Crippen molar-refractivity contribution in [2.24, 2.45) is 0 Å². The molecule has 2 aromatic carbocycles. The van der Waals surface area contributed by atoms with Crippen LogP contribution in [0.3, 0.4) is 0 Å². The second-order valence-corrected chi connectivity index (χ2v) is 10.6. The fraction of sp³-hybridized carbons (Fsp3) is 0.588. The number of hydrogen-bond donors (Lipinski definition) is 6. The molecule has 2 aromatic rings. The van der Waals surface area contributed by atoms with Gasteiger partial charge in [-0.05, 0) is 38.1 Å². The van der Waals surface area contributed by atoms with Crippen LogP contribution in [-0.4, -0.2) is 140 Å². The molecule has 48 heavy (non-hydrogen) atoms. The Hall–Kier alpha value is -3.34. The standard InChI is InChI=1S/C34H52N4O10/c1-3-43-17-19-47-23-21-45-15-13-35-9-11-37-25-5-6-26(38-12-10-36-14-16-46-22-24-48-20-18-44-4-2)30-29(25)33(41)31-27(39)7-8-28(40)32(31)34(30)42/h5-8,35-40H,3-4,9-24H2,1-2H3. The predicted octanol–water partition coefficient (Wildman–Crippen LogP) is 2.02. The van der Waals surface area contributed by atoms with Crippen LogP contribution in [0.2, 0.25) is 0 Å². The number of anilines is 2. The molecule has 3 rings (SSSR count). The molecule has 0 saturated carbocycles. The Balaban J connectivity index is 1.49. The Labute approximate surface area is 282 Å². The maximum Gasteiger partial charge on any atom is 0.200 e. The Bertz CT molecular complexity index is 1170. The van der Waals surface area contributed by atoms with E-state index in [1.54, 1.807) is 12.1 Å². The van der Waals surface area contributed by atoms with Gasteiger partial charge in [-0.3, -0.25) is 9.59 Å². The summed E-state index contributed by atoms with van der Waals surface area (Å²) in [5.74, 6) is -1.80. The monoisotopic (exact) mass is 676 g/mol. The van der Waals surface area contributed by atoms with Gasteiger partial charge >= 0.3 is 0 Å². The first kappa shape index (κ1) is 39.1. The van der Waals surface area contributed by atoms with Crippen LogP contribution in [0.15, 0.2) is 24.3 Å². The number of phenols is 2. The first-order valence-corrected chi connectivity index (χ1v) is 16.7. The van der Waals surface area contributed by atoms with Crippen LogP contribution in [0.25, 0.3) is 0 Å². The summed E-state index contributed by atoms with van der Waals surface area (Å²) >= 11 is 0. The van der Waals surface area contributed by atoms with Crippen molar-refractivity contribution in [2.75, 3.05) is 129 Å². The van der Waals surface area contributed by atoms with Crippen molar-refractivity contribution in [1.29, 1.82) is 0 Å². The van der Waals surface area contributed by atoms with Gasteiger partial charge in [0.2, 0.25) is 11.6 Å². The van der Waals surface area contributed by atoms with E-state index >= 15 is 0 Å². The first-order chi connectivity index (χ1) is 23.5. The minimum absolute atomic E-state index is 0.149. The van der Waals surface area contributed by atoms with Crippen LogP contribution < -0.4 is 21.3 Å². The summed E-state index contributed by atoms with van der Waals surface area (Å²) < 4.78 is 32.4. The lowest BCUT2D eigenvalue weighted by atomic mass is 9.81. The molecule has 0 atom stereocenters. The number of carbonyl (C=O) groups is 2. The molecular weight excluding hydrogens is 624 g/mol. The maximum atomic E-state index is 13.7. The number of nitrogens with one attached hydrogen (secondary N) is 4. The molecular formula is C34H52N4O10. The Kier molecular flexibility index (Phi) is 18.8. The number of phenolic OH excluding ortho intramolecular Hbond substituents is 2. The van der Waals surface area contributed by atoms with Gasteiger partial charge < -0.3 is 59.9 Å². The molecule has 1 aliphatic rings. The van der Waals surface area contributed by atoms with Crippen LogP contribution in [-0.2, 0) is 28.4 Å². The smallest absolute Gasteiger partial charge is 0.200 e. The molecule has 0 heterocycles. The van der Waals surface area contributed by atoms with Gasteiger partial charge in [0, 0.05) is 63.9 Å². The topological polar surface area (TPSA) is 178 Å². The van der Waals surface area contributed by atoms with E-state index in [2.05, 4.69) is 21.3 Å². The van der Waals surface area contributed by atoms with Crippen LogP contribution in [0, 0.1) is 0 Å². The molecule has 0 aliphatic heterocycles. The van der Waals surface area contributed by atoms with Crippen molar-refractivity contribution in [2.45, 2.75) is 13.8 Å². The van der Waals surface area contributed by atoms with E-state index in [0.29, 0.717) is 130 Å². The number of ether oxygens (including phenoxy) is 6. The van der Waals surface area contributed by atoms with Gasteiger partial charge in [-0.2, -0.15) is 0 Å². The summed E-state index contributed by atoms with van der Waals surface area (Å²) in [5.41, 5.74) is 0.813. The molecule has 14 nitrogen and oxygen atoms in total. The average Bonchev–Trinajstić information content (AvgIpc) is 3.08. The lowest BCUT2D eigenvalue weighted by Crippen LogP contribution is -2.29. The van der Waals surface area contributed by atoms with Gasteiger partial charge in [-0.15, -0.1) is 0 Å². The first-order valence-electron chi connectivity index (χ1n) is 16.7. The summed E-state index contributed by atoms with van der Waals surface area (Å²) in [5, 5.41) is 34.0. The van der Waals surface area contributed by atoms with E-state index in [-0.39, 0.29) is 33.8 Å². The number of benzene rings is 2. The normalized spacial score (nSPS) is 12.3. The van der Waals surface area contributed by atoms with Gasteiger partial charge in [0.25, 0.3) is 0 Å². The van der Waals surface area contributed by atoms with Crippen LogP contribution >= 0.6 is 0 Å². The number of ketones is 2. The minimum Gasteiger partial charge on any atom is -0.507 e. The molecule has 1 aliphatic carbocycles. The van der Waals surface area contributed by atoms with Crippen LogP contribution in [0.5, 0.6) is 11.5 Å². The quantitative estimate of drug-likeness (QED) is 0.0486. The summed E-state index contributed by atoms with van der Waals surface area (Å²) in [4.78, 5) is 27.5. The number of aromatic hydroxyl groups is 2. The fourth-order valence-electron chi connectivity index (χ4n) is 4.94. The molecule has 0 saturated heterocycles. The number of fused-ring (bicyclic) bond motifs is 2. The third-order valence-electron chi connectivity index (χ3n) is 7.25. The summed E-state index contributed by atoms with van der Waals surface area (Å²) in [6.07, 6.45) is 0. The number of rotatable bonds is 28. The summed E-state index contributed by atoms with van der Waals surface area (Å²) in [6.45, 7) is 13.8. The summed E-state index contributed by atoms with van der Waals surface area (Å²) in [7, 11) is 0. The molecule has 268 valence electrons. The van der Waals surface area contributed by atoms with Crippen molar-refractivity contribution in [3.05, 3.63) is 46.5 Å². The highest BCUT2D eigenvalue weighted by Gasteiger charge is 2.37. The van der Waals surface area contributed by atoms with E-state index in [0.717, 1.165) is 0 Å². The maximum absolute atomic E-state index is 13.7. The van der Waals surface area contributed by atoms with Crippen molar-refractivity contribution < 1.29 is 48.2 Å². The van der Waals surface area contributed by atoms with Gasteiger partial charge in [0.1, 0.15) is 11.5 Å². The number of carbonyl (C=O) groups excluding carboxylic acids is 2. The highest BCUT2D eigenvalue weighted by molar-refractivity contribution is 6.33. The third kappa shape index (κ3) is 12.6. The Morgan fingerprint density at radius 2 is 0.812 bits per heavy atom. The van der Waals surface area contributed by atoms with Gasteiger partial charge in [-0.1, -0.05) is 0 Å². The largest absolute Gasteiger partial charge is 0.507 e. The zero-order chi connectivity index (χ0) is 34.4. The second-order valence-electron chi connectivity index (χ2n) is 10.6. The molecule has 0 fully saturated rings. The van der Waals surface area contributed by atoms with Gasteiger partial charge in [-0.25, -0.2) is 0 Å². The number of hydrogen-bond acceptors (Lipinski definition) is 14. The van der Waals surface area contributed by atoms with Crippen molar-refractivity contribution in [1.82, 2.24) is 10.6 Å². The van der Waals surface area contributed by atoms with E-state index < -0.39 is 11.6 Å². The van der Waals surface area contributed by atoms with Crippen molar-refractivity contribution >= 4 is 22.9 Å². The molecule has 0 amide bonds. The lowest BCUT2D eigenvalue weighted by Gasteiger charge is -2.25. The molecule has 0 spiro atoms. The molecule has 0 aromatic heterocycles. The molecule has 14 heteroatoms. The fourth-order valence-corrected chi connectivity index (χ4v) is 4.94.